The van der Waals surface area contributed by atoms with Crippen LogP contribution in [0.25, 0.3) is 0 Å². The summed E-state index contributed by atoms with van der Waals surface area (Å²) in [5, 5.41) is 8.80. The Kier molecular flexibility index (Phi) is 4.57. The molecule has 0 aliphatic rings. The lowest BCUT2D eigenvalue weighted by Crippen LogP contribution is -2.29. The molecule has 10 nitrogen and oxygen atoms in total. The van der Waals surface area contributed by atoms with Crippen molar-refractivity contribution in [1.29, 1.82) is 0 Å². The van der Waals surface area contributed by atoms with Crippen LogP contribution in [0.5, 0.6) is 11.5 Å². The van der Waals surface area contributed by atoms with Crippen molar-refractivity contribution in [2.45, 2.75) is 0 Å². The fraction of sp³-hybridized carbons (Fsp3) is 0. The summed E-state index contributed by atoms with van der Waals surface area (Å²) in [6, 6.07) is 2.74. The van der Waals surface area contributed by atoms with Gasteiger partial charge in [0.25, 0.3) is 0 Å². The number of primary amides is 2. The van der Waals surface area contributed by atoms with E-state index < -0.39 is 41.2 Å². The predicted molar refractivity (Wildman–Crippen MR) is 63.1 cm³/mol. The number of benzene rings is 1. The molecule has 0 radical (unpaired) electrons. The van der Waals surface area contributed by atoms with Crippen LogP contribution in [0.2, 0.25) is 0 Å². The number of esters is 2. The van der Waals surface area contributed by atoms with Crippen LogP contribution in [0.1, 0.15) is 10.4 Å². The number of carbonyl (C=O) groups is 5. The fourth-order valence-electron chi connectivity index (χ4n) is 1.11. The van der Waals surface area contributed by atoms with Crippen LogP contribution < -0.4 is 20.9 Å². The fourth-order valence-corrected chi connectivity index (χ4v) is 1.11. The SMILES string of the molecule is NC(=O)C(=O)Oc1ccc(C(=O)O)cc1OC(=O)C(N)=O. The minimum atomic E-state index is -1.52. The van der Waals surface area contributed by atoms with Crippen molar-refractivity contribution >= 4 is 29.7 Å². The maximum atomic E-state index is 11.1. The molecule has 0 fully saturated rings. The van der Waals surface area contributed by atoms with Crippen LogP contribution in [-0.2, 0) is 19.2 Å². The Morgan fingerprint density at radius 2 is 1.33 bits per heavy atom. The molecule has 0 aromatic heterocycles. The molecule has 5 N–H and O–H groups in total. The molecule has 2 amide bonds. The van der Waals surface area contributed by atoms with Crippen LogP contribution in [0.15, 0.2) is 18.2 Å². The van der Waals surface area contributed by atoms with Crippen LogP contribution in [0.3, 0.4) is 0 Å². The van der Waals surface area contributed by atoms with Crippen LogP contribution in [0.4, 0.5) is 0 Å². The molecular weight excluding hydrogens is 288 g/mol. The van der Waals surface area contributed by atoms with Gasteiger partial charge in [0, 0.05) is 0 Å². The Balaban J connectivity index is 3.19. The standard InChI is InChI=1S/C11H8N2O8/c12-7(14)10(18)20-5-2-1-4(9(16)17)3-6(5)21-11(19)8(13)15/h1-3H,(H2,12,14)(H2,13,15)(H,16,17). The minimum absolute atomic E-state index is 0.332. The average molecular weight is 296 g/mol. The third kappa shape index (κ3) is 4.02. The first-order valence-electron chi connectivity index (χ1n) is 5.13. The highest BCUT2D eigenvalue weighted by Crippen LogP contribution is 2.28. The molecule has 1 rings (SSSR count). The van der Waals surface area contributed by atoms with Crippen molar-refractivity contribution in [2.24, 2.45) is 11.5 Å². The Hall–Kier alpha value is -3.43. The second-order valence-corrected chi connectivity index (χ2v) is 3.47. The van der Waals surface area contributed by atoms with E-state index in [1.54, 1.807) is 0 Å². The Bertz CT molecular complexity index is 652. The molecule has 0 heterocycles. The van der Waals surface area contributed by atoms with Gasteiger partial charge in [0.2, 0.25) is 0 Å². The summed E-state index contributed by atoms with van der Waals surface area (Å²) in [4.78, 5) is 54.2. The number of carboxylic acids is 1. The molecule has 0 spiro atoms. The first-order chi connectivity index (χ1) is 9.72. The topological polar surface area (TPSA) is 176 Å². The van der Waals surface area contributed by atoms with Crippen molar-refractivity contribution in [3.63, 3.8) is 0 Å². The molecule has 0 atom stereocenters. The van der Waals surface area contributed by atoms with Crippen LogP contribution >= 0.6 is 0 Å². The second kappa shape index (κ2) is 6.14. The average Bonchev–Trinajstić information content (AvgIpc) is 2.39. The van der Waals surface area contributed by atoms with E-state index in [0.717, 1.165) is 18.2 Å². The number of carbonyl (C=O) groups excluding carboxylic acids is 4. The molecular formula is C11H8N2O8. The van der Waals surface area contributed by atoms with Crippen LogP contribution in [0, 0.1) is 0 Å². The van der Waals surface area contributed by atoms with Crippen molar-refractivity contribution < 1.29 is 38.6 Å². The first kappa shape index (κ1) is 15.6. The van der Waals surface area contributed by atoms with E-state index in [2.05, 4.69) is 20.9 Å². The number of hydrogen-bond donors (Lipinski definition) is 3. The maximum Gasteiger partial charge on any atom is 0.402 e. The highest BCUT2D eigenvalue weighted by atomic mass is 16.6. The van der Waals surface area contributed by atoms with E-state index in [9.17, 15) is 24.0 Å². The van der Waals surface area contributed by atoms with Gasteiger partial charge in [0.05, 0.1) is 5.56 Å². The number of rotatable bonds is 3. The summed E-state index contributed by atoms with van der Waals surface area (Å²) < 4.78 is 8.96. The van der Waals surface area contributed by atoms with Crippen LogP contribution in [-0.4, -0.2) is 34.8 Å². The molecule has 0 saturated carbocycles. The molecule has 0 unspecified atom stereocenters. The summed E-state index contributed by atoms with van der Waals surface area (Å²) in [5.74, 6) is -8.33. The number of aromatic carboxylic acids is 1. The molecule has 1 aromatic rings. The molecule has 1 aromatic carbocycles. The molecule has 0 saturated heterocycles. The zero-order valence-electron chi connectivity index (χ0n) is 10.2. The van der Waals surface area contributed by atoms with Gasteiger partial charge in [-0.3, -0.25) is 9.59 Å². The molecule has 10 heteroatoms. The van der Waals surface area contributed by atoms with Gasteiger partial charge in [0.15, 0.2) is 11.5 Å². The van der Waals surface area contributed by atoms with Crippen molar-refractivity contribution in [3.8, 4) is 11.5 Å². The monoisotopic (exact) mass is 296 g/mol. The quantitative estimate of drug-likeness (QED) is 0.331. The number of amides is 2. The van der Waals surface area contributed by atoms with E-state index in [1.165, 1.54) is 0 Å². The zero-order chi connectivity index (χ0) is 16.2. The van der Waals surface area contributed by atoms with Gasteiger partial charge in [-0.25, -0.2) is 14.4 Å². The lowest BCUT2D eigenvalue weighted by molar-refractivity contribution is -0.148. The molecule has 0 bridgehead atoms. The molecule has 110 valence electrons. The Morgan fingerprint density at radius 1 is 0.857 bits per heavy atom. The first-order valence-corrected chi connectivity index (χ1v) is 5.13. The van der Waals surface area contributed by atoms with E-state index in [0.29, 0.717) is 0 Å². The van der Waals surface area contributed by atoms with Gasteiger partial charge in [-0.05, 0) is 18.2 Å². The molecule has 21 heavy (non-hydrogen) atoms. The Morgan fingerprint density at radius 3 is 1.76 bits per heavy atom. The summed E-state index contributed by atoms with van der Waals surface area (Å²) in [5.41, 5.74) is 9.01. The third-order valence-electron chi connectivity index (χ3n) is 2.00. The van der Waals surface area contributed by atoms with Gasteiger partial charge >= 0.3 is 29.7 Å². The van der Waals surface area contributed by atoms with Gasteiger partial charge < -0.3 is 26.0 Å². The highest BCUT2D eigenvalue weighted by Gasteiger charge is 2.20. The lowest BCUT2D eigenvalue weighted by atomic mass is 10.2. The normalized spacial score (nSPS) is 9.52. The van der Waals surface area contributed by atoms with E-state index in [-0.39, 0.29) is 5.56 Å². The summed E-state index contributed by atoms with van der Waals surface area (Å²) >= 11 is 0. The van der Waals surface area contributed by atoms with Gasteiger partial charge in [-0.15, -0.1) is 0 Å². The van der Waals surface area contributed by atoms with Crippen molar-refractivity contribution in [1.82, 2.24) is 0 Å². The number of carboxylic acid groups (broad SMARTS) is 1. The Labute approximate surface area is 116 Å². The summed E-state index contributed by atoms with van der Waals surface area (Å²) in [6.07, 6.45) is 0. The maximum absolute atomic E-state index is 11.1. The van der Waals surface area contributed by atoms with Crippen molar-refractivity contribution in [2.75, 3.05) is 0 Å². The molecule has 0 aliphatic carbocycles. The smallest absolute Gasteiger partial charge is 0.402 e. The number of ether oxygens (including phenoxy) is 2. The summed E-state index contributed by atoms with van der Waals surface area (Å²) in [6.45, 7) is 0. The predicted octanol–water partition coefficient (Wildman–Crippen LogP) is -1.83. The van der Waals surface area contributed by atoms with Gasteiger partial charge in [-0.1, -0.05) is 0 Å². The van der Waals surface area contributed by atoms with Crippen molar-refractivity contribution in [3.05, 3.63) is 23.8 Å². The highest BCUT2D eigenvalue weighted by molar-refractivity contribution is 6.33. The van der Waals surface area contributed by atoms with E-state index >= 15 is 0 Å². The second-order valence-electron chi connectivity index (χ2n) is 3.47. The minimum Gasteiger partial charge on any atom is -0.478 e. The molecule has 0 aliphatic heterocycles. The number of hydrogen-bond acceptors (Lipinski definition) is 7. The van der Waals surface area contributed by atoms with Gasteiger partial charge in [0.1, 0.15) is 0 Å². The van der Waals surface area contributed by atoms with Gasteiger partial charge in [-0.2, -0.15) is 0 Å². The van der Waals surface area contributed by atoms with E-state index in [4.69, 9.17) is 5.11 Å². The summed E-state index contributed by atoms with van der Waals surface area (Å²) in [7, 11) is 0. The zero-order valence-corrected chi connectivity index (χ0v) is 10.2. The third-order valence-corrected chi connectivity index (χ3v) is 2.00. The van der Waals surface area contributed by atoms with E-state index in [1.807, 2.05) is 0 Å². The lowest BCUT2D eigenvalue weighted by Gasteiger charge is -2.09. The largest absolute Gasteiger partial charge is 0.478 e. The number of nitrogens with two attached hydrogens (primary N) is 2.